The molecule has 0 bridgehead atoms. The van der Waals surface area contributed by atoms with Crippen LogP contribution in [0.5, 0.6) is 0 Å². The second-order valence-corrected chi connectivity index (χ2v) is 2.68. The molecule has 0 radical (unpaired) electrons. The summed E-state index contributed by atoms with van der Waals surface area (Å²) in [5, 5.41) is 3.10. The Labute approximate surface area is 74.3 Å². The highest BCUT2D eigenvalue weighted by molar-refractivity contribution is 5.88. The smallest absolute Gasteiger partial charge is 0.221 e. The Bertz CT molecular complexity index is 220. The Kier molecular flexibility index (Phi) is 5.00. The lowest BCUT2D eigenvalue weighted by Crippen LogP contribution is -2.20. The summed E-state index contributed by atoms with van der Waals surface area (Å²) < 4.78 is 0. The van der Waals surface area contributed by atoms with Gasteiger partial charge in [0.15, 0.2) is 0 Å². The summed E-state index contributed by atoms with van der Waals surface area (Å²) >= 11 is 0. The molecule has 0 saturated heterocycles. The molecule has 68 valence electrons. The van der Waals surface area contributed by atoms with Crippen LogP contribution in [-0.4, -0.2) is 19.2 Å². The molecule has 0 atom stereocenters. The van der Waals surface area contributed by atoms with Gasteiger partial charge in [-0.15, -0.1) is 0 Å². The van der Waals surface area contributed by atoms with Crippen LogP contribution >= 0.6 is 0 Å². The van der Waals surface area contributed by atoms with E-state index in [0.29, 0.717) is 5.96 Å². The summed E-state index contributed by atoms with van der Waals surface area (Å²) in [7, 11) is 1.72. The van der Waals surface area contributed by atoms with E-state index in [2.05, 4.69) is 15.3 Å². The van der Waals surface area contributed by atoms with E-state index < -0.39 is 0 Å². The predicted molar refractivity (Wildman–Crippen MR) is 54.7 cm³/mol. The lowest BCUT2D eigenvalue weighted by molar-refractivity contribution is 1.04. The van der Waals surface area contributed by atoms with Crippen molar-refractivity contribution in [3.63, 3.8) is 0 Å². The molecule has 3 nitrogen and oxygen atoms in total. The number of guanidine groups is 1. The lowest BCUT2D eigenvalue weighted by Gasteiger charge is -2.06. The van der Waals surface area contributed by atoms with E-state index in [1.165, 1.54) is 5.57 Å². The van der Waals surface area contributed by atoms with Crippen molar-refractivity contribution in [1.82, 2.24) is 5.32 Å². The van der Waals surface area contributed by atoms with Crippen molar-refractivity contribution >= 4 is 12.2 Å². The molecule has 12 heavy (non-hydrogen) atoms. The molecule has 0 aromatic heterocycles. The normalized spacial score (nSPS) is 11.9. The zero-order chi connectivity index (χ0) is 9.56. The van der Waals surface area contributed by atoms with Crippen molar-refractivity contribution in [2.24, 2.45) is 9.98 Å². The van der Waals surface area contributed by atoms with Crippen LogP contribution in [-0.2, 0) is 0 Å². The van der Waals surface area contributed by atoms with Crippen molar-refractivity contribution in [2.45, 2.75) is 27.7 Å². The number of hydrogen-bond donors (Lipinski definition) is 1. The predicted octanol–water partition coefficient (Wildman–Crippen LogP) is 1.97. The molecule has 0 aliphatic carbocycles. The second kappa shape index (κ2) is 5.52. The number of hydrogen-bond acceptors (Lipinski definition) is 1. The highest BCUT2D eigenvalue weighted by Crippen LogP contribution is 1.97. The Morgan fingerprint density at radius 3 is 2.17 bits per heavy atom. The largest absolute Gasteiger partial charge is 0.329 e. The zero-order valence-electron chi connectivity index (χ0n) is 8.47. The van der Waals surface area contributed by atoms with Crippen LogP contribution in [0.25, 0.3) is 0 Å². The van der Waals surface area contributed by atoms with E-state index >= 15 is 0 Å². The van der Waals surface area contributed by atoms with Gasteiger partial charge in [-0.25, -0.2) is 4.99 Å². The van der Waals surface area contributed by atoms with Gasteiger partial charge in [-0.1, -0.05) is 5.57 Å². The highest BCUT2D eigenvalue weighted by Gasteiger charge is 1.94. The first-order valence-electron chi connectivity index (χ1n) is 3.98. The number of nitrogens with zero attached hydrogens (tertiary/aromatic N) is 2. The SMILES string of the molecule is CC=NC(=NC)NC(C)=C(C)C. The molecule has 0 aromatic carbocycles. The molecule has 0 amide bonds. The van der Waals surface area contributed by atoms with Gasteiger partial charge in [0.25, 0.3) is 0 Å². The molecule has 0 unspecified atom stereocenters. The molecular weight excluding hydrogens is 150 g/mol. The number of allylic oxidation sites excluding steroid dienone is 2. The van der Waals surface area contributed by atoms with E-state index in [-0.39, 0.29) is 0 Å². The average Bonchev–Trinajstić information content (AvgIpc) is 2.03. The van der Waals surface area contributed by atoms with Gasteiger partial charge in [0, 0.05) is 19.0 Å². The Morgan fingerprint density at radius 2 is 1.83 bits per heavy atom. The first-order valence-corrected chi connectivity index (χ1v) is 3.98. The number of rotatable bonds is 1. The third-order valence-corrected chi connectivity index (χ3v) is 1.51. The molecule has 0 rings (SSSR count). The minimum atomic E-state index is 0.649. The summed E-state index contributed by atoms with van der Waals surface area (Å²) in [5.41, 5.74) is 2.34. The first kappa shape index (κ1) is 10.9. The summed E-state index contributed by atoms with van der Waals surface area (Å²) in [5.74, 6) is 0.649. The first-order chi connectivity index (χ1) is 5.61. The van der Waals surface area contributed by atoms with Crippen LogP contribution in [0.4, 0.5) is 0 Å². The Hall–Kier alpha value is -1.12. The quantitative estimate of drug-likeness (QED) is 0.470. The van der Waals surface area contributed by atoms with Gasteiger partial charge in [0.2, 0.25) is 5.96 Å². The minimum Gasteiger partial charge on any atom is -0.329 e. The summed E-state index contributed by atoms with van der Waals surface area (Å²) in [6, 6.07) is 0. The maximum Gasteiger partial charge on any atom is 0.221 e. The molecule has 0 aromatic rings. The molecule has 0 aliphatic heterocycles. The van der Waals surface area contributed by atoms with Gasteiger partial charge >= 0.3 is 0 Å². The maximum absolute atomic E-state index is 4.04. The number of aliphatic imine (C=N–C) groups is 2. The van der Waals surface area contributed by atoms with E-state index in [1.807, 2.05) is 27.7 Å². The fourth-order valence-corrected chi connectivity index (χ4v) is 0.561. The summed E-state index contributed by atoms with van der Waals surface area (Å²) in [4.78, 5) is 8.02. The van der Waals surface area contributed by atoms with Gasteiger partial charge in [-0.2, -0.15) is 0 Å². The number of nitrogens with one attached hydrogen (secondary N) is 1. The molecule has 0 fully saturated rings. The standard InChI is InChI=1S/C9H17N3/c1-6-11-9(10-5)12-8(4)7(2)3/h6H,1-5H3,(H,10,12). The van der Waals surface area contributed by atoms with Gasteiger partial charge in [-0.3, -0.25) is 4.99 Å². The van der Waals surface area contributed by atoms with Gasteiger partial charge < -0.3 is 5.32 Å². The van der Waals surface area contributed by atoms with Crippen LogP contribution in [0.1, 0.15) is 27.7 Å². The molecule has 0 aliphatic rings. The van der Waals surface area contributed by atoms with Crippen molar-refractivity contribution in [1.29, 1.82) is 0 Å². The summed E-state index contributed by atoms with van der Waals surface area (Å²) in [6.07, 6.45) is 1.72. The molecular formula is C9H17N3. The third-order valence-electron chi connectivity index (χ3n) is 1.51. The fourth-order valence-electron chi connectivity index (χ4n) is 0.561. The maximum atomic E-state index is 4.04. The van der Waals surface area contributed by atoms with E-state index in [9.17, 15) is 0 Å². The molecule has 0 spiro atoms. The Morgan fingerprint density at radius 1 is 1.25 bits per heavy atom. The van der Waals surface area contributed by atoms with Crippen LogP contribution < -0.4 is 5.32 Å². The van der Waals surface area contributed by atoms with Gasteiger partial charge in [0.05, 0.1) is 0 Å². The van der Waals surface area contributed by atoms with Crippen molar-refractivity contribution in [3.05, 3.63) is 11.3 Å². The topological polar surface area (TPSA) is 36.8 Å². The summed E-state index contributed by atoms with van der Waals surface area (Å²) in [6.45, 7) is 7.97. The Balaban J connectivity index is 4.34. The second-order valence-electron chi connectivity index (χ2n) is 2.68. The third kappa shape index (κ3) is 3.91. The van der Waals surface area contributed by atoms with Crippen LogP contribution in [0.3, 0.4) is 0 Å². The lowest BCUT2D eigenvalue weighted by atomic mass is 10.3. The van der Waals surface area contributed by atoms with Crippen molar-refractivity contribution < 1.29 is 0 Å². The fraction of sp³-hybridized carbons (Fsp3) is 0.556. The van der Waals surface area contributed by atoms with Gasteiger partial charge in [-0.05, 0) is 27.7 Å². The van der Waals surface area contributed by atoms with Crippen molar-refractivity contribution in [2.75, 3.05) is 7.05 Å². The zero-order valence-corrected chi connectivity index (χ0v) is 8.47. The molecule has 0 heterocycles. The van der Waals surface area contributed by atoms with Crippen molar-refractivity contribution in [3.8, 4) is 0 Å². The van der Waals surface area contributed by atoms with Crippen LogP contribution in [0.2, 0.25) is 0 Å². The minimum absolute atomic E-state index is 0.649. The van der Waals surface area contributed by atoms with E-state index in [0.717, 1.165) is 5.70 Å². The molecule has 0 saturated carbocycles. The van der Waals surface area contributed by atoms with Gasteiger partial charge in [0.1, 0.15) is 0 Å². The molecule has 1 N–H and O–H groups in total. The van der Waals surface area contributed by atoms with Crippen LogP contribution in [0.15, 0.2) is 21.3 Å². The van der Waals surface area contributed by atoms with E-state index in [1.54, 1.807) is 13.3 Å². The average molecular weight is 167 g/mol. The van der Waals surface area contributed by atoms with Crippen LogP contribution in [0, 0.1) is 0 Å². The highest BCUT2D eigenvalue weighted by atomic mass is 15.1. The monoisotopic (exact) mass is 167 g/mol. The molecule has 3 heteroatoms. The van der Waals surface area contributed by atoms with E-state index in [4.69, 9.17) is 0 Å².